The number of nitrogens with one attached hydrogen (secondary N) is 1. The topological polar surface area (TPSA) is 110 Å². The first-order valence-electron chi connectivity index (χ1n) is 7.62. The molecule has 2 N–H and O–H groups in total. The van der Waals surface area contributed by atoms with Crippen LogP contribution < -0.4 is 10.2 Å². The number of hydrogen-bond acceptors (Lipinski definition) is 7. The van der Waals surface area contributed by atoms with Crippen molar-refractivity contribution in [1.82, 2.24) is 15.2 Å². The van der Waals surface area contributed by atoms with E-state index in [0.717, 1.165) is 16.9 Å². The summed E-state index contributed by atoms with van der Waals surface area (Å²) in [5.74, 6) is 0.0331. The molecule has 0 aliphatic heterocycles. The third-order valence-electron chi connectivity index (χ3n) is 3.48. The number of rotatable bonds is 6. The maximum Gasteiger partial charge on any atom is 0.335 e. The van der Waals surface area contributed by atoms with Crippen molar-refractivity contribution < 1.29 is 14.6 Å². The standard InChI is InChI=1S/C18H15N5O3/c1-26-15-8-6-13(7-9-15)16-11-20-23-18(21-16)22-19-10-12-2-4-14(5-3-12)17(24)25/h2-11H,1H3,(H,24,25)(H,21,22,23)/b19-10-. The molecule has 0 radical (unpaired) electrons. The van der Waals surface area contributed by atoms with Crippen LogP contribution in [0.4, 0.5) is 5.95 Å². The Bertz CT molecular complexity index is 924. The average Bonchev–Trinajstić information content (AvgIpc) is 2.69. The van der Waals surface area contributed by atoms with Crippen LogP contribution in [0.1, 0.15) is 15.9 Å². The van der Waals surface area contributed by atoms with Gasteiger partial charge in [0.25, 0.3) is 5.95 Å². The second-order valence-electron chi connectivity index (χ2n) is 5.19. The molecule has 130 valence electrons. The molecule has 1 heterocycles. The number of hydrazone groups is 1. The summed E-state index contributed by atoms with van der Waals surface area (Å²) in [6.45, 7) is 0. The highest BCUT2D eigenvalue weighted by molar-refractivity contribution is 5.89. The zero-order valence-electron chi connectivity index (χ0n) is 13.8. The van der Waals surface area contributed by atoms with Crippen molar-refractivity contribution in [2.75, 3.05) is 12.5 Å². The van der Waals surface area contributed by atoms with E-state index in [1.807, 2.05) is 24.3 Å². The summed E-state index contributed by atoms with van der Waals surface area (Å²) in [7, 11) is 1.61. The van der Waals surface area contributed by atoms with E-state index in [0.29, 0.717) is 5.69 Å². The highest BCUT2D eigenvalue weighted by Gasteiger charge is 2.04. The first kappa shape index (κ1) is 17.0. The Hall–Kier alpha value is -3.81. The fourth-order valence-corrected chi connectivity index (χ4v) is 2.13. The molecule has 0 aliphatic carbocycles. The normalized spacial score (nSPS) is 10.7. The molecule has 0 aliphatic rings. The van der Waals surface area contributed by atoms with Crippen molar-refractivity contribution in [3.05, 3.63) is 65.9 Å². The number of carbonyl (C=O) groups is 1. The average molecular weight is 349 g/mol. The zero-order chi connectivity index (χ0) is 18.4. The second kappa shape index (κ2) is 7.84. The molecule has 26 heavy (non-hydrogen) atoms. The molecule has 1 aromatic heterocycles. The molecule has 0 bridgehead atoms. The van der Waals surface area contributed by atoms with Crippen molar-refractivity contribution >= 4 is 18.1 Å². The van der Waals surface area contributed by atoms with E-state index < -0.39 is 5.97 Å². The van der Waals surface area contributed by atoms with Crippen molar-refractivity contribution in [3.8, 4) is 17.0 Å². The molecule has 0 amide bonds. The lowest BCUT2D eigenvalue weighted by Gasteiger charge is -2.04. The number of carboxylic acids is 1. The summed E-state index contributed by atoms with van der Waals surface area (Å²) in [5.41, 5.74) is 5.18. The van der Waals surface area contributed by atoms with Gasteiger partial charge in [-0.3, -0.25) is 0 Å². The van der Waals surface area contributed by atoms with E-state index in [-0.39, 0.29) is 11.5 Å². The number of benzene rings is 2. The van der Waals surface area contributed by atoms with Gasteiger partial charge in [-0.1, -0.05) is 12.1 Å². The molecular formula is C18H15N5O3. The first-order valence-corrected chi connectivity index (χ1v) is 7.62. The minimum atomic E-state index is -0.971. The van der Waals surface area contributed by atoms with Crippen molar-refractivity contribution in [2.24, 2.45) is 5.10 Å². The lowest BCUT2D eigenvalue weighted by molar-refractivity contribution is 0.0697. The van der Waals surface area contributed by atoms with Gasteiger partial charge in [-0.05, 0) is 42.0 Å². The molecule has 8 nitrogen and oxygen atoms in total. The van der Waals surface area contributed by atoms with Crippen LogP contribution in [0.2, 0.25) is 0 Å². The van der Waals surface area contributed by atoms with Crippen LogP contribution in [0.5, 0.6) is 5.75 Å². The van der Waals surface area contributed by atoms with Gasteiger partial charge >= 0.3 is 5.97 Å². The van der Waals surface area contributed by atoms with Gasteiger partial charge in [0.15, 0.2) is 0 Å². The van der Waals surface area contributed by atoms with E-state index in [2.05, 4.69) is 25.7 Å². The van der Waals surface area contributed by atoms with Crippen LogP contribution in [-0.4, -0.2) is 39.6 Å². The quantitative estimate of drug-likeness (QED) is 0.520. The number of methoxy groups -OCH3 is 1. The number of ether oxygens (including phenoxy) is 1. The number of hydrogen-bond donors (Lipinski definition) is 2. The first-order chi connectivity index (χ1) is 12.7. The lowest BCUT2D eigenvalue weighted by Crippen LogP contribution is -2.00. The monoisotopic (exact) mass is 349 g/mol. The van der Waals surface area contributed by atoms with E-state index in [4.69, 9.17) is 9.84 Å². The number of nitrogens with zero attached hydrogens (tertiary/aromatic N) is 4. The van der Waals surface area contributed by atoms with E-state index in [1.54, 1.807) is 25.4 Å². The fourth-order valence-electron chi connectivity index (χ4n) is 2.13. The second-order valence-corrected chi connectivity index (χ2v) is 5.19. The van der Waals surface area contributed by atoms with Crippen LogP contribution >= 0.6 is 0 Å². The SMILES string of the molecule is COc1ccc(-c2cnnc(N/N=C\c3ccc(C(=O)O)cc3)n2)cc1. The zero-order valence-corrected chi connectivity index (χ0v) is 13.8. The smallest absolute Gasteiger partial charge is 0.335 e. The highest BCUT2D eigenvalue weighted by Crippen LogP contribution is 2.20. The third kappa shape index (κ3) is 4.18. The molecule has 8 heteroatoms. The fraction of sp³-hybridized carbons (Fsp3) is 0.0556. The van der Waals surface area contributed by atoms with Crippen molar-refractivity contribution in [3.63, 3.8) is 0 Å². The lowest BCUT2D eigenvalue weighted by atomic mass is 10.1. The van der Waals surface area contributed by atoms with Gasteiger partial charge in [-0.15, -0.1) is 5.10 Å². The van der Waals surface area contributed by atoms with Crippen molar-refractivity contribution in [1.29, 1.82) is 0 Å². The van der Waals surface area contributed by atoms with Gasteiger partial charge in [0, 0.05) is 5.56 Å². The Labute approximate surface area is 149 Å². The minimum absolute atomic E-state index is 0.217. The van der Waals surface area contributed by atoms with Gasteiger partial charge in [0.2, 0.25) is 0 Å². The van der Waals surface area contributed by atoms with Crippen LogP contribution in [0, 0.1) is 0 Å². The molecule has 0 fully saturated rings. The summed E-state index contributed by atoms with van der Waals surface area (Å²) in [4.78, 5) is 15.2. The molecular weight excluding hydrogens is 334 g/mol. The van der Waals surface area contributed by atoms with Crippen molar-refractivity contribution in [2.45, 2.75) is 0 Å². The predicted octanol–water partition coefficient (Wildman–Crippen LogP) is 2.69. The molecule has 0 unspecified atom stereocenters. The number of aromatic carboxylic acids is 1. The number of anilines is 1. The van der Waals surface area contributed by atoms with Crippen LogP contribution in [0.3, 0.4) is 0 Å². The number of aromatic nitrogens is 3. The van der Waals surface area contributed by atoms with E-state index in [9.17, 15) is 4.79 Å². The van der Waals surface area contributed by atoms with E-state index >= 15 is 0 Å². The maximum absolute atomic E-state index is 10.8. The highest BCUT2D eigenvalue weighted by atomic mass is 16.5. The predicted molar refractivity (Wildman–Crippen MR) is 96.4 cm³/mol. The van der Waals surface area contributed by atoms with Gasteiger partial charge < -0.3 is 9.84 Å². The largest absolute Gasteiger partial charge is 0.497 e. The van der Waals surface area contributed by atoms with Crippen LogP contribution in [-0.2, 0) is 0 Å². The summed E-state index contributed by atoms with van der Waals surface area (Å²) in [5, 5.41) is 20.7. The molecule has 2 aromatic carbocycles. The summed E-state index contributed by atoms with van der Waals surface area (Å²) < 4.78 is 5.13. The molecule has 0 atom stereocenters. The molecule has 0 saturated heterocycles. The Morgan fingerprint density at radius 3 is 2.54 bits per heavy atom. The summed E-state index contributed by atoms with van der Waals surface area (Å²) >= 11 is 0. The van der Waals surface area contributed by atoms with Gasteiger partial charge in [-0.2, -0.15) is 10.2 Å². The molecule has 3 rings (SSSR count). The van der Waals surface area contributed by atoms with Gasteiger partial charge in [0.1, 0.15) is 5.75 Å². The van der Waals surface area contributed by atoms with Crippen LogP contribution in [0.15, 0.2) is 59.8 Å². The van der Waals surface area contributed by atoms with Crippen LogP contribution in [0.25, 0.3) is 11.3 Å². The van der Waals surface area contributed by atoms with Gasteiger partial charge in [-0.25, -0.2) is 15.2 Å². The minimum Gasteiger partial charge on any atom is -0.497 e. The Morgan fingerprint density at radius 1 is 1.15 bits per heavy atom. The van der Waals surface area contributed by atoms with Gasteiger partial charge in [0.05, 0.1) is 30.8 Å². The Morgan fingerprint density at radius 2 is 1.88 bits per heavy atom. The Balaban J connectivity index is 1.69. The third-order valence-corrected chi connectivity index (χ3v) is 3.48. The molecule has 0 saturated carbocycles. The maximum atomic E-state index is 10.8. The molecule has 0 spiro atoms. The summed E-state index contributed by atoms with van der Waals surface area (Å²) in [6.07, 6.45) is 3.09. The summed E-state index contributed by atoms with van der Waals surface area (Å²) in [6, 6.07) is 13.7. The molecule has 3 aromatic rings. The number of carboxylic acid groups (broad SMARTS) is 1. The Kier molecular flexibility index (Phi) is 5.14. The van der Waals surface area contributed by atoms with E-state index in [1.165, 1.54) is 18.3 Å².